The quantitative estimate of drug-likeness (QED) is 0.798. The van der Waals surface area contributed by atoms with Gasteiger partial charge in [0.05, 0.1) is 0 Å². The number of nitrogens with one attached hydrogen (secondary N) is 1. The van der Waals surface area contributed by atoms with Gasteiger partial charge in [0.1, 0.15) is 6.04 Å². The second-order valence-corrected chi connectivity index (χ2v) is 5.15. The average Bonchev–Trinajstić information content (AvgIpc) is 3.14. The van der Waals surface area contributed by atoms with Gasteiger partial charge in [-0.3, -0.25) is 4.98 Å². The van der Waals surface area contributed by atoms with Crippen LogP contribution >= 0.6 is 0 Å². The van der Waals surface area contributed by atoms with Crippen molar-refractivity contribution in [1.29, 1.82) is 0 Å². The molecule has 3 aromatic rings. The number of hydrogen-bond donors (Lipinski definition) is 1. The van der Waals surface area contributed by atoms with E-state index in [9.17, 15) is 0 Å². The topological polar surface area (TPSA) is 63.8 Å². The lowest BCUT2D eigenvalue weighted by molar-refractivity contribution is 0.360. The molecule has 0 saturated carbocycles. The first kappa shape index (κ1) is 12.1. The number of hydrogen-bond acceptors (Lipinski definition) is 5. The average molecular weight is 278 g/mol. The molecular formula is C16H14N4O. The third-order valence-corrected chi connectivity index (χ3v) is 3.64. The first-order valence-corrected chi connectivity index (χ1v) is 6.94. The fourth-order valence-electron chi connectivity index (χ4n) is 2.61. The van der Waals surface area contributed by atoms with Crippen molar-refractivity contribution in [3.63, 3.8) is 0 Å². The molecule has 3 heterocycles. The van der Waals surface area contributed by atoms with Gasteiger partial charge in [0.2, 0.25) is 5.89 Å². The summed E-state index contributed by atoms with van der Waals surface area (Å²) in [6.45, 7) is 0. The molecule has 0 radical (unpaired) electrons. The number of anilines is 1. The summed E-state index contributed by atoms with van der Waals surface area (Å²) in [5, 5.41) is 7.48. The van der Waals surface area contributed by atoms with Gasteiger partial charge >= 0.3 is 0 Å². The third-order valence-electron chi connectivity index (χ3n) is 3.64. The maximum atomic E-state index is 5.41. The van der Waals surface area contributed by atoms with E-state index in [2.05, 4.69) is 32.6 Å². The molecule has 1 unspecified atom stereocenters. The highest BCUT2D eigenvalue weighted by atomic mass is 16.5. The molecule has 1 N–H and O–H groups in total. The SMILES string of the molecule is c1cncc(Cc2noc(C3Cc4ccccc4N3)n2)c1. The number of aromatic nitrogens is 3. The number of fused-ring (bicyclic) bond motifs is 1. The summed E-state index contributed by atoms with van der Waals surface area (Å²) in [6.07, 6.45) is 5.09. The van der Waals surface area contributed by atoms with Gasteiger partial charge in [-0.15, -0.1) is 0 Å². The Balaban J connectivity index is 1.51. The Labute approximate surface area is 122 Å². The first-order valence-electron chi connectivity index (χ1n) is 6.94. The molecule has 4 rings (SSSR count). The van der Waals surface area contributed by atoms with Crippen molar-refractivity contribution in [1.82, 2.24) is 15.1 Å². The van der Waals surface area contributed by atoms with E-state index in [0.29, 0.717) is 18.1 Å². The minimum atomic E-state index is 0.0672. The van der Waals surface area contributed by atoms with E-state index in [4.69, 9.17) is 4.52 Å². The lowest BCUT2D eigenvalue weighted by Crippen LogP contribution is -2.06. The van der Waals surface area contributed by atoms with Crippen LogP contribution < -0.4 is 5.32 Å². The summed E-state index contributed by atoms with van der Waals surface area (Å²) < 4.78 is 5.41. The molecule has 1 aliphatic heterocycles. The standard InChI is InChI=1S/C16H14N4O/c1-2-6-13-12(5-1)9-14(18-13)16-19-15(20-21-16)8-11-4-3-7-17-10-11/h1-7,10,14,18H,8-9H2. The van der Waals surface area contributed by atoms with Crippen molar-refractivity contribution >= 4 is 5.69 Å². The minimum Gasteiger partial charge on any atom is -0.373 e. The van der Waals surface area contributed by atoms with E-state index >= 15 is 0 Å². The van der Waals surface area contributed by atoms with Gasteiger partial charge in [0, 0.05) is 30.9 Å². The van der Waals surface area contributed by atoms with Gasteiger partial charge in [0.25, 0.3) is 0 Å². The molecular weight excluding hydrogens is 264 g/mol. The van der Waals surface area contributed by atoms with Gasteiger partial charge in [-0.25, -0.2) is 0 Å². The van der Waals surface area contributed by atoms with Crippen molar-refractivity contribution in [2.24, 2.45) is 0 Å². The summed E-state index contributed by atoms with van der Waals surface area (Å²) in [4.78, 5) is 8.60. The first-order chi connectivity index (χ1) is 10.4. The predicted octanol–water partition coefficient (Wildman–Crippen LogP) is 2.76. The molecule has 0 aliphatic carbocycles. The summed E-state index contributed by atoms with van der Waals surface area (Å²) in [5.74, 6) is 1.33. The van der Waals surface area contributed by atoms with Crippen molar-refractivity contribution in [3.8, 4) is 0 Å². The van der Waals surface area contributed by atoms with Crippen LogP contribution in [0.15, 0.2) is 53.3 Å². The van der Waals surface area contributed by atoms with Crippen LogP contribution in [0.5, 0.6) is 0 Å². The van der Waals surface area contributed by atoms with Crippen LogP contribution in [0, 0.1) is 0 Å². The fourth-order valence-corrected chi connectivity index (χ4v) is 2.61. The summed E-state index contributed by atoms with van der Waals surface area (Å²) in [5.41, 5.74) is 3.51. The Morgan fingerprint density at radius 1 is 1.19 bits per heavy atom. The van der Waals surface area contributed by atoms with Crippen LogP contribution in [-0.4, -0.2) is 15.1 Å². The van der Waals surface area contributed by atoms with E-state index in [1.807, 2.05) is 30.5 Å². The van der Waals surface area contributed by atoms with Crippen molar-refractivity contribution in [2.75, 3.05) is 5.32 Å². The number of para-hydroxylation sites is 1. The van der Waals surface area contributed by atoms with Crippen LogP contribution in [0.2, 0.25) is 0 Å². The largest absolute Gasteiger partial charge is 0.373 e. The second kappa shape index (κ2) is 5.01. The van der Waals surface area contributed by atoms with E-state index in [-0.39, 0.29) is 6.04 Å². The van der Waals surface area contributed by atoms with Crippen molar-refractivity contribution in [2.45, 2.75) is 18.9 Å². The summed E-state index contributed by atoms with van der Waals surface area (Å²) in [6, 6.07) is 12.2. The normalized spacial score (nSPS) is 16.5. The Kier molecular flexibility index (Phi) is 2.88. The fraction of sp³-hybridized carbons (Fsp3) is 0.188. The third kappa shape index (κ3) is 2.38. The van der Waals surface area contributed by atoms with E-state index in [0.717, 1.165) is 17.7 Å². The Bertz CT molecular complexity index is 729. The minimum absolute atomic E-state index is 0.0672. The molecule has 0 fully saturated rings. The molecule has 0 spiro atoms. The van der Waals surface area contributed by atoms with Crippen molar-refractivity contribution in [3.05, 3.63) is 71.6 Å². The van der Waals surface area contributed by atoms with Gasteiger partial charge in [0.15, 0.2) is 5.82 Å². The van der Waals surface area contributed by atoms with Gasteiger partial charge in [-0.1, -0.05) is 29.4 Å². The van der Waals surface area contributed by atoms with Crippen LogP contribution in [0.4, 0.5) is 5.69 Å². The van der Waals surface area contributed by atoms with E-state index < -0.39 is 0 Å². The van der Waals surface area contributed by atoms with E-state index in [1.165, 1.54) is 5.56 Å². The van der Waals surface area contributed by atoms with Crippen LogP contribution in [-0.2, 0) is 12.8 Å². The maximum absolute atomic E-state index is 5.41. The molecule has 0 saturated heterocycles. The zero-order valence-corrected chi connectivity index (χ0v) is 11.4. The zero-order valence-electron chi connectivity index (χ0n) is 11.4. The molecule has 2 aromatic heterocycles. The maximum Gasteiger partial charge on any atom is 0.249 e. The van der Waals surface area contributed by atoms with Gasteiger partial charge in [-0.05, 0) is 23.3 Å². The lowest BCUT2D eigenvalue weighted by atomic mass is 10.1. The summed E-state index contributed by atoms with van der Waals surface area (Å²) >= 11 is 0. The second-order valence-electron chi connectivity index (χ2n) is 5.15. The predicted molar refractivity (Wildman–Crippen MR) is 77.9 cm³/mol. The van der Waals surface area contributed by atoms with Crippen LogP contribution in [0.3, 0.4) is 0 Å². The van der Waals surface area contributed by atoms with Crippen molar-refractivity contribution < 1.29 is 4.52 Å². The Morgan fingerprint density at radius 2 is 2.14 bits per heavy atom. The monoisotopic (exact) mass is 278 g/mol. The number of benzene rings is 1. The molecule has 21 heavy (non-hydrogen) atoms. The highest BCUT2D eigenvalue weighted by molar-refractivity contribution is 5.56. The van der Waals surface area contributed by atoms with Gasteiger partial charge in [-0.2, -0.15) is 4.98 Å². The van der Waals surface area contributed by atoms with E-state index in [1.54, 1.807) is 6.20 Å². The lowest BCUT2D eigenvalue weighted by Gasteiger charge is -2.04. The molecule has 5 nitrogen and oxygen atoms in total. The Morgan fingerprint density at radius 3 is 3.00 bits per heavy atom. The highest BCUT2D eigenvalue weighted by Crippen LogP contribution is 2.33. The van der Waals surface area contributed by atoms with Crippen LogP contribution in [0.1, 0.15) is 28.9 Å². The highest BCUT2D eigenvalue weighted by Gasteiger charge is 2.26. The molecule has 0 bridgehead atoms. The van der Waals surface area contributed by atoms with Gasteiger partial charge < -0.3 is 9.84 Å². The van der Waals surface area contributed by atoms with Crippen LogP contribution in [0.25, 0.3) is 0 Å². The number of pyridine rings is 1. The number of nitrogens with zero attached hydrogens (tertiary/aromatic N) is 3. The molecule has 1 aliphatic rings. The number of rotatable bonds is 3. The smallest absolute Gasteiger partial charge is 0.249 e. The molecule has 1 atom stereocenters. The zero-order chi connectivity index (χ0) is 14.1. The molecule has 0 amide bonds. The molecule has 104 valence electrons. The Hall–Kier alpha value is -2.69. The molecule has 5 heteroatoms. The molecule has 1 aromatic carbocycles. The summed E-state index contributed by atoms with van der Waals surface area (Å²) in [7, 11) is 0.